The Morgan fingerprint density at radius 1 is 1.45 bits per heavy atom. The number of para-hydroxylation sites is 1. The van der Waals surface area contributed by atoms with Crippen LogP contribution >= 0.6 is 12.4 Å². The molecule has 1 amide bonds. The molecule has 0 radical (unpaired) electrons. The van der Waals surface area contributed by atoms with E-state index >= 15 is 0 Å². The zero-order valence-corrected chi connectivity index (χ0v) is 12.9. The van der Waals surface area contributed by atoms with Gasteiger partial charge in [0, 0.05) is 31.6 Å². The van der Waals surface area contributed by atoms with E-state index < -0.39 is 0 Å². The first kappa shape index (κ1) is 16.8. The number of rotatable bonds is 5. The van der Waals surface area contributed by atoms with E-state index in [1.807, 2.05) is 31.3 Å². The predicted molar refractivity (Wildman–Crippen MR) is 82.4 cm³/mol. The van der Waals surface area contributed by atoms with Crippen LogP contribution in [0, 0.1) is 0 Å². The van der Waals surface area contributed by atoms with Gasteiger partial charge in [0.25, 0.3) is 0 Å². The van der Waals surface area contributed by atoms with Crippen LogP contribution in [-0.4, -0.2) is 37.6 Å². The zero-order valence-electron chi connectivity index (χ0n) is 12.1. The Kier molecular flexibility index (Phi) is 6.82. The quantitative estimate of drug-likeness (QED) is 0.906. The summed E-state index contributed by atoms with van der Waals surface area (Å²) in [4.78, 5) is 13.9. The van der Waals surface area contributed by atoms with Gasteiger partial charge >= 0.3 is 0 Å². The van der Waals surface area contributed by atoms with Gasteiger partial charge in [-0.2, -0.15) is 0 Å². The molecule has 1 saturated heterocycles. The molecule has 0 bridgehead atoms. The van der Waals surface area contributed by atoms with Crippen LogP contribution in [0.25, 0.3) is 0 Å². The first-order valence-electron chi connectivity index (χ1n) is 6.80. The molecule has 2 rings (SSSR count). The first-order valence-corrected chi connectivity index (χ1v) is 6.80. The molecule has 1 aliphatic heterocycles. The molecule has 0 spiro atoms. The summed E-state index contributed by atoms with van der Waals surface area (Å²) in [6, 6.07) is 8.18. The molecular weight excluding hydrogens is 276 g/mol. The van der Waals surface area contributed by atoms with Crippen molar-refractivity contribution in [3.63, 3.8) is 0 Å². The monoisotopic (exact) mass is 298 g/mol. The number of hydrogen-bond acceptors (Lipinski definition) is 3. The maximum atomic E-state index is 12.1. The minimum atomic E-state index is 0. The van der Waals surface area contributed by atoms with Crippen molar-refractivity contribution in [1.29, 1.82) is 0 Å². The number of nitrogens with zero attached hydrogens (tertiary/aromatic N) is 1. The summed E-state index contributed by atoms with van der Waals surface area (Å²) in [5.74, 6) is 1.02. The number of hydrogen-bond donors (Lipinski definition) is 1. The molecule has 1 heterocycles. The smallest absolute Gasteiger partial charge is 0.224 e. The van der Waals surface area contributed by atoms with E-state index in [2.05, 4.69) is 5.32 Å². The number of carbonyl (C=O) groups excluding carboxylic acids is 1. The van der Waals surface area contributed by atoms with Crippen LogP contribution in [0.5, 0.6) is 5.75 Å². The molecule has 1 atom stereocenters. The molecule has 0 aliphatic carbocycles. The summed E-state index contributed by atoms with van der Waals surface area (Å²) < 4.78 is 5.31. The summed E-state index contributed by atoms with van der Waals surface area (Å²) >= 11 is 0. The summed E-state index contributed by atoms with van der Waals surface area (Å²) in [5, 5.41) is 3.36. The maximum Gasteiger partial charge on any atom is 0.224 e. The van der Waals surface area contributed by atoms with Crippen LogP contribution < -0.4 is 10.1 Å². The van der Waals surface area contributed by atoms with E-state index in [-0.39, 0.29) is 18.3 Å². The number of benzene rings is 1. The lowest BCUT2D eigenvalue weighted by Crippen LogP contribution is -2.33. The fourth-order valence-corrected chi connectivity index (χ4v) is 2.47. The lowest BCUT2D eigenvalue weighted by molar-refractivity contribution is -0.130. The zero-order chi connectivity index (χ0) is 13.7. The standard InChI is InChI=1S/C15H22N2O2.ClH/c1-17(15(18)10-13-7-5-9-16-13)11-12-6-3-4-8-14(12)19-2;/h3-4,6,8,13,16H,5,7,9-11H2,1-2H3;1H. The predicted octanol–water partition coefficient (Wildman–Crippen LogP) is 2.22. The van der Waals surface area contributed by atoms with Gasteiger partial charge in [-0.3, -0.25) is 4.79 Å². The summed E-state index contributed by atoms with van der Waals surface area (Å²) in [6.07, 6.45) is 2.87. The highest BCUT2D eigenvalue weighted by Gasteiger charge is 2.20. The minimum Gasteiger partial charge on any atom is -0.496 e. The molecule has 5 heteroatoms. The normalized spacial score (nSPS) is 17.4. The number of amides is 1. The van der Waals surface area contributed by atoms with E-state index in [0.29, 0.717) is 19.0 Å². The maximum absolute atomic E-state index is 12.1. The van der Waals surface area contributed by atoms with Crippen molar-refractivity contribution in [2.75, 3.05) is 20.7 Å². The third kappa shape index (κ3) is 4.39. The molecule has 1 aliphatic rings. The molecular formula is C15H23ClN2O2. The van der Waals surface area contributed by atoms with Crippen molar-refractivity contribution in [2.24, 2.45) is 0 Å². The second-order valence-corrected chi connectivity index (χ2v) is 5.06. The molecule has 1 N–H and O–H groups in total. The van der Waals surface area contributed by atoms with Gasteiger partial charge in [-0.25, -0.2) is 0 Å². The third-order valence-electron chi connectivity index (χ3n) is 3.61. The second kappa shape index (κ2) is 8.12. The van der Waals surface area contributed by atoms with Gasteiger partial charge in [-0.15, -0.1) is 12.4 Å². The molecule has 112 valence electrons. The van der Waals surface area contributed by atoms with Crippen LogP contribution in [0.1, 0.15) is 24.8 Å². The highest BCUT2D eigenvalue weighted by atomic mass is 35.5. The fourth-order valence-electron chi connectivity index (χ4n) is 2.47. The van der Waals surface area contributed by atoms with Gasteiger partial charge in [0.1, 0.15) is 5.75 Å². The van der Waals surface area contributed by atoms with Crippen LogP contribution in [0.3, 0.4) is 0 Å². The van der Waals surface area contributed by atoms with Crippen molar-refractivity contribution < 1.29 is 9.53 Å². The Hall–Kier alpha value is -1.26. The Morgan fingerprint density at radius 3 is 2.85 bits per heavy atom. The van der Waals surface area contributed by atoms with Crippen LogP contribution in [0.4, 0.5) is 0 Å². The average molecular weight is 299 g/mol. The summed E-state index contributed by atoms with van der Waals surface area (Å²) in [5.41, 5.74) is 1.04. The van der Waals surface area contributed by atoms with Crippen molar-refractivity contribution in [3.8, 4) is 5.75 Å². The molecule has 0 aromatic heterocycles. The molecule has 1 fully saturated rings. The number of ether oxygens (including phenoxy) is 1. The Morgan fingerprint density at radius 2 is 2.20 bits per heavy atom. The Bertz CT molecular complexity index is 434. The summed E-state index contributed by atoms with van der Waals surface area (Å²) in [7, 11) is 3.51. The van der Waals surface area contributed by atoms with E-state index in [0.717, 1.165) is 24.3 Å². The van der Waals surface area contributed by atoms with E-state index in [1.54, 1.807) is 12.0 Å². The van der Waals surface area contributed by atoms with Crippen molar-refractivity contribution in [1.82, 2.24) is 10.2 Å². The Labute approximate surface area is 126 Å². The van der Waals surface area contributed by atoms with Crippen molar-refractivity contribution in [2.45, 2.75) is 31.8 Å². The first-order chi connectivity index (χ1) is 9.20. The minimum absolute atomic E-state index is 0. The lowest BCUT2D eigenvalue weighted by atomic mass is 10.1. The van der Waals surface area contributed by atoms with Crippen LogP contribution in [0.2, 0.25) is 0 Å². The van der Waals surface area contributed by atoms with E-state index in [4.69, 9.17) is 4.74 Å². The fraction of sp³-hybridized carbons (Fsp3) is 0.533. The number of carbonyl (C=O) groups is 1. The van der Waals surface area contributed by atoms with Crippen LogP contribution in [0.15, 0.2) is 24.3 Å². The number of halogens is 1. The molecule has 0 saturated carbocycles. The third-order valence-corrected chi connectivity index (χ3v) is 3.61. The van der Waals surface area contributed by atoms with Crippen molar-refractivity contribution in [3.05, 3.63) is 29.8 Å². The van der Waals surface area contributed by atoms with Crippen LogP contribution in [-0.2, 0) is 11.3 Å². The Balaban J connectivity index is 0.00000200. The molecule has 1 aromatic carbocycles. The number of methoxy groups -OCH3 is 1. The highest BCUT2D eigenvalue weighted by Crippen LogP contribution is 2.19. The van der Waals surface area contributed by atoms with E-state index in [1.165, 1.54) is 6.42 Å². The SMILES string of the molecule is COc1ccccc1CN(C)C(=O)CC1CCCN1.Cl. The average Bonchev–Trinajstić information content (AvgIpc) is 2.92. The van der Waals surface area contributed by atoms with E-state index in [9.17, 15) is 4.79 Å². The topological polar surface area (TPSA) is 41.6 Å². The van der Waals surface area contributed by atoms with Gasteiger partial charge in [-0.05, 0) is 25.5 Å². The highest BCUT2D eigenvalue weighted by molar-refractivity contribution is 5.85. The number of nitrogens with one attached hydrogen (secondary N) is 1. The molecule has 4 nitrogen and oxygen atoms in total. The summed E-state index contributed by atoms with van der Waals surface area (Å²) in [6.45, 7) is 1.63. The van der Waals surface area contributed by atoms with Gasteiger partial charge in [0.05, 0.1) is 7.11 Å². The van der Waals surface area contributed by atoms with Gasteiger partial charge < -0.3 is 15.0 Å². The van der Waals surface area contributed by atoms with Crippen molar-refractivity contribution >= 4 is 18.3 Å². The molecule has 1 unspecified atom stereocenters. The van der Waals surface area contributed by atoms with Gasteiger partial charge in [0.15, 0.2) is 0 Å². The van der Waals surface area contributed by atoms with Gasteiger partial charge in [0.2, 0.25) is 5.91 Å². The molecule has 1 aromatic rings. The largest absolute Gasteiger partial charge is 0.496 e. The molecule has 20 heavy (non-hydrogen) atoms. The lowest BCUT2D eigenvalue weighted by Gasteiger charge is -2.20. The van der Waals surface area contributed by atoms with Gasteiger partial charge in [-0.1, -0.05) is 18.2 Å². The second-order valence-electron chi connectivity index (χ2n) is 5.06.